The lowest BCUT2D eigenvalue weighted by molar-refractivity contribution is 0.0722. The van der Waals surface area contributed by atoms with Gasteiger partial charge < -0.3 is 14.2 Å². The van der Waals surface area contributed by atoms with E-state index in [-0.39, 0.29) is 11.4 Å². The first kappa shape index (κ1) is 29.1. The quantitative estimate of drug-likeness (QED) is 0.140. The van der Waals surface area contributed by atoms with Gasteiger partial charge in [0.15, 0.2) is 0 Å². The van der Waals surface area contributed by atoms with Gasteiger partial charge in [-0.1, -0.05) is 65.7 Å². The van der Waals surface area contributed by atoms with E-state index in [4.69, 9.17) is 14.2 Å². The second kappa shape index (κ2) is 15.7. The second-order valence-electron chi connectivity index (χ2n) is 9.59. The van der Waals surface area contributed by atoms with Gasteiger partial charge in [-0.05, 0) is 48.7 Å². The van der Waals surface area contributed by atoms with Crippen molar-refractivity contribution in [3.05, 3.63) is 66.2 Å². The number of nitrogens with zero attached hydrogens (tertiary/aromatic N) is 2. The topological polar surface area (TPSA) is 70.5 Å². The molecule has 0 fully saturated rings. The molecule has 6 nitrogen and oxygen atoms in total. The molecule has 3 rings (SSSR count). The molecule has 0 saturated carbocycles. The molecule has 0 bridgehead atoms. The van der Waals surface area contributed by atoms with Crippen LogP contribution in [0.2, 0.25) is 0 Å². The van der Waals surface area contributed by atoms with Crippen molar-refractivity contribution >= 4 is 5.97 Å². The minimum Gasteiger partial charge on any atom is -0.493 e. The highest BCUT2D eigenvalue weighted by Gasteiger charge is 2.16. The number of esters is 1. The zero-order valence-electron chi connectivity index (χ0n) is 22.7. The van der Waals surface area contributed by atoms with E-state index in [0.29, 0.717) is 30.6 Å². The Morgan fingerprint density at radius 3 is 2.24 bits per heavy atom. The summed E-state index contributed by atoms with van der Waals surface area (Å²) in [5.74, 6) is 0.133. The van der Waals surface area contributed by atoms with Crippen LogP contribution in [0.5, 0.6) is 17.4 Å². The first-order chi connectivity index (χ1) is 18.5. The SMILES string of the molecule is CCCCCCCCCOc1ccc(C(=O)Oc2cnc(-c3ccc(OCC(C)CC)cc3)cn2)c(F)c1. The van der Waals surface area contributed by atoms with Gasteiger partial charge in [-0.3, -0.25) is 0 Å². The van der Waals surface area contributed by atoms with Gasteiger partial charge in [0.2, 0.25) is 5.88 Å². The third-order valence-electron chi connectivity index (χ3n) is 6.38. The van der Waals surface area contributed by atoms with E-state index in [1.54, 1.807) is 6.07 Å². The maximum atomic E-state index is 14.6. The van der Waals surface area contributed by atoms with Gasteiger partial charge in [-0.15, -0.1) is 0 Å². The molecule has 7 heteroatoms. The standard InChI is InChI=1S/C31H39FN2O4/c1-4-6-7-8-9-10-11-18-36-26-16-17-27(28(32)19-26)31(35)38-30-21-33-29(20-34-30)24-12-14-25(15-13-24)37-22-23(3)5-2/h12-17,19-21,23H,4-11,18,22H2,1-3H3. The minimum atomic E-state index is -0.842. The number of ether oxygens (including phenoxy) is 3. The summed E-state index contributed by atoms with van der Waals surface area (Å²) in [7, 11) is 0. The van der Waals surface area contributed by atoms with Crippen molar-refractivity contribution in [2.45, 2.75) is 72.1 Å². The van der Waals surface area contributed by atoms with E-state index >= 15 is 0 Å². The molecule has 0 radical (unpaired) electrons. The molecule has 1 unspecified atom stereocenters. The predicted octanol–water partition coefficient (Wildman–Crippen LogP) is 8.06. The molecule has 204 valence electrons. The molecule has 0 N–H and O–H groups in total. The molecule has 0 amide bonds. The Hall–Kier alpha value is -3.48. The van der Waals surface area contributed by atoms with Crippen LogP contribution in [-0.4, -0.2) is 29.2 Å². The van der Waals surface area contributed by atoms with E-state index < -0.39 is 11.8 Å². The molecule has 1 atom stereocenters. The molecule has 1 heterocycles. The van der Waals surface area contributed by atoms with Crippen LogP contribution in [0.1, 0.15) is 82.5 Å². The normalized spacial score (nSPS) is 11.7. The Morgan fingerprint density at radius 1 is 0.868 bits per heavy atom. The van der Waals surface area contributed by atoms with E-state index in [1.165, 1.54) is 56.6 Å². The van der Waals surface area contributed by atoms with E-state index in [0.717, 1.165) is 30.6 Å². The fourth-order valence-corrected chi connectivity index (χ4v) is 3.75. The molecular weight excluding hydrogens is 483 g/mol. The lowest BCUT2D eigenvalue weighted by Crippen LogP contribution is -2.12. The number of unbranched alkanes of at least 4 members (excludes halogenated alkanes) is 6. The third-order valence-corrected chi connectivity index (χ3v) is 6.38. The summed E-state index contributed by atoms with van der Waals surface area (Å²) in [6, 6.07) is 11.7. The Balaban J connectivity index is 1.47. The third kappa shape index (κ3) is 9.43. The van der Waals surface area contributed by atoms with Crippen molar-refractivity contribution in [3.8, 4) is 28.6 Å². The van der Waals surface area contributed by atoms with Crippen LogP contribution < -0.4 is 14.2 Å². The van der Waals surface area contributed by atoms with E-state index in [2.05, 4.69) is 30.7 Å². The van der Waals surface area contributed by atoms with Crippen molar-refractivity contribution < 1.29 is 23.4 Å². The van der Waals surface area contributed by atoms with Crippen LogP contribution in [-0.2, 0) is 0 Å². The smallest absolute Gasteiger partial charge is 0.347 e. The fraction of sp³-hybridized carbons (Fsp3) is 0.452. The Morgan fingerprint density at radius 2 is 1.58 bits per heavy atom. The van der Waals surface area contributed by atoms with Crippen molar-refractivity contribution in [1.82, 2.24) is 9.97 Å². The zero-order chi connectivity index (χ0) is 27.2. The highest BCUT2D eigenvalue weighted by molar-refractivity contribution is 5.91. The number of carbonyl (C=O) groups excluding carboxylic acids is 1. The summed E-state index contributed by atoms with van der Waals surface area (Å²) in [4.78, 5) is 21.0. The van der Waals surface area contributed by atoms with Crippen LogP contribution in [0.25, 0.3) is 11.3 Å². The van der Waals surface area contributed by atoms with Crippen molar-refractivity contribution in [3.63, 3.8) is 0 Å². The minimum absolute atomic E-state index is 0.00841. The Kier molecular flexibility index (Phi) is 12.0. The largest absolute Gasteiger partial charge is 0.493 e. The molecule has 0 aliphatic heterocycles. The highest BCUT2D eigenvalue weighted by Crippen LogP contribution is 2.23. The first-order valence-corrected chi connectivity index (χ1v) is 13.7. The number of carbonyl (C=O) groups is 1. The van der Waals surface area contributed by atoms with Crippen LogP contribution in [0.3, 0.4) is 0 Å². The molecule has 0 spiro atoms. The monoisotopic (exact) mass is 522 g/mol. The maximum absolute atomic E-state index is 14.6. The Labute approximate surface area is 225 Å². The van der Waals surface area contributed by atoms with Gasteiger partial charge in [0.25, 0.3) is 0 Å². The van der Waals surface area contributed by atoms with Crippen LogP contribution in [0.15, 0.2) is 54.9 Å². The molecule has 1 aromatic heterocycles. The Bertz CT molecular complexity index is 1120. The van der Waals surface area contributed by atoms with Gasteiger partial charge >= 0.3 is 5.97 Å². The van der Waals surface area contributed by atoms with Crippen molar-refractivity contribution in [1.29, 1.82) is 0 Å². The summed E-state index contributed by atoms with van der Waals surface area (Å²) in [5.41, 5.74) is 1.28. The molecule has 2 aromatic carbocycles. The molecule has 0 aliphatic rings. The number of aromatic nitrogens is 2. The van der Waals surface area contributed by atoms with Crippen molar-refractivity contribution in [2.75, 3.05) is 13.2 Å². The number of hydrogen-bond acceptors (Lipinski definition) is 6. The van der Waals surface area contributed by atoms with Gasteiger partial charge in [0.1, 0.15) is 17.3 Å². The number of benzene rings is 2. The molecule has 0 aliphatic carbocycles. The number of halogens is 1. The fourth-order valence-electron chi connectivity index (χ4n) is 3.75. The molecule has 3 aromatic rings. The predicted molar refractivity (Wildman–Crippen MR) is 147 cm³/mol. The summed E-state index contributed by atoms with van der Waals surface area (Å²) < 4.78 is 31.2. The van der Waals surface area contributed by atoms with Gasteiger partial charge in [0.05, 0.1) is 36.9 Å². The number of rotatable bonds is 16. The summed E-state index contributed by atoms with van der Waals surface area (Å²) in [5, 5.41) is 0. The lowest BCUT2D eigenvalue weighted by Gasteiger charge is -2.11. The summed E-state index contributed by atoms with van der Waals surface area (Å²) >= 11 is 0. The van der Waals surface area contributed by atoms with Gasteiger partial charge in [-0.25, -0.2) is 19.2 Å². The van der Waals surface area contributed by atoms with Crippen LogP contribution >= 0.6 is 0 Å². The van der Waals surface area contributed by atoms with E-state index in [9.17, 15) is 9.18 Å². The summed E-state index contributed by atoms with van der Waals surface area (Å²) in [6.45, 7) is 7.68. The van der Waals surface area contributed by atoms with Gasteiger partial charge in [0, 0.05) is 11.6 Å². The van der Waals surface area contributed by atoms with Crippen molar-refractivity contribution in [2.24, 2.45) is 5.92 Å². The summed E-state index contributed by atoms with van der Waals surface area (Å²) in [6.07, 6.45) is 12.2. The lowest BCUT2D eigenvalue weighted by atomic mass is 10.1. The zero-order valence-corrected chi connectivity index (χ0v) is 22.7. The molecular formula is C31H39FN2O4. The average molecular weight is 523 g/mol. The molecule has 0 saturated heterocycles. The second-order valence-corrected chi connectivity index (χ2v) is 9.59. The maximum Gasteiger partial charge on any atom is 0.347 e. The van der Waals surface area contributed by atoms with Gasteiger partial charge in [-0.2, -0.15) is 0 Å². The highest BCUT2D eigenvalue weighted by atomic mass is 19.1. The van der Waals surface area contributed by atoms with Crippen LogP contribution in [0, 0.1) is 11.7 Å². The average Bonchev–Trinajstić information content (AvgIpc) is 2.94. The molecule has 38 heavy (non-hydrogen) atoms. The van der Waals surface area contributed by atoms with E-state index in [1.807, 2.05) is 24.3 Å². The van der Waals surface area contributed by atoms with Crippen LogP contribution in [0.4, 0.5) is 4.39 Å². The first-order valence-electron chi connectivity index (χ1n) is 13.7. The number of hydrogen-bond donors (Lipinski definition) is 0.